The van der Waals surface area contributed by atoms with Gasteiger partial charge >= 0.3 is 0 Å². The Kier molecular flexibility index (Phi) is 4.39. The second-order valence-corrected chi connectivity index (χ2v) is 7.36. The fourth-order valence-electron chi connectivity index (χ4n) is 2.14. The summed E-state index contributed by atoms with van der Waals surface area (Å²) >= 11 is 1.39. The second-order valence-electron chi connectivity index (χ2n) is 4.43. The molecule has 18 heavy (non-hydrogen) atoms. The average Bonchev–Trinajstić information content (AvgIpc) is 2.98. The van der Waals surface area contributed by atoms with E-state index in [0.717, 1.165) is 11.3 Å². The Morgan fingerprint density at radius 1 is 1.61 bits per heavy atom. The lowest BCUT2D eigenvalue weighted by atomic mass is 10.1. The molecular formula is C11H18N2O3S2. The maximum atomic E-state index is 12.4. The van der Waals surface area contributed by atoms with Gasteiger partial charge in [0, 0.05) is 37.0 Å². The van der Waals surface area contributed by atoms with Crippen molar-refractivity contribution in [1.29, 1.82) is 0 Å². The van der Waals surface area contributed by atoms with Gasteiger partial charge in [0.15, 0.2) is 0 Å². The number of nitrogens with zero attached hydrogens (tertiary/aromatic N) is 1. The zero-order valence-corrected chi connectivity index (χ0v) is 12.0. The van der Waals surface area contributed by atoms with Crippen LogP contribution in [0.4, 0.5) is 0 Å². The van der Waals surface area contributed by atoms with Crippen LogP contribution in [0, 0.1) is 5.92 Å². The summed E-state index contributed by atoms with van der Waals surface area (Å²) in [5.74, 6) is 0.303. The summed E-state index contributed by atoms with van der Waals surface area (Å²) in [5, 5.41) is 1.67. The SMILES string of the molecule is COCC1CCN(S(=O)(=O)c2csc(CN)c2)C1. The van der Waals surface area contributed by atoms with Gasteiger partial charge in [-0.2, -0.15) is 4.31 Å². The Hall–Kier alpha value is -0.470. The van der Waals surface area contributed by atoms with Gasteiger partial charge in [0.1, 0.15) is 0 Å². The molecule has 1 fully saturated rings. The van der Waals surface area contributed by atoms with Gasteiger partial charge < -0.3 is 10.5 Å². The minimum absolute atomic E-state index is 0.303. The highest BCUT2D eigenvalue weighted by Gasteiger charge is 2.32. The Morgan fingerprint density at radius 3 is 3.00 bits per heavy atom. The van der Waals surface area contributed by atoms with Crippen molar-refractivity contribution < 1.29 is 13.2 Å². The fraction of sp³-hybridized carbons (Fsp3) is 0.636. The third kappa shape index (κ3) is 2.75. The topological polar surface area (TPSA) is 72.6 Å². The van der Waals surface area contributed by atoms with Crippen molar-refractivity contribution in [2.45, 2.75) is 17.9 Å². The summed E-state index contributed by atoms with van der Waals surface area (Å²) in [6.07, 6.45) is 0.862. The highest BCUT2D eigenvalue weighted by molar-refractivity contribution is 7.89. The average molecular weight is 290 g/mol. The molecule has 0 radical (unpaired) electrons. The second kappa shape index (κ2) is 5.66. The van der Waals surface area contributed by atoms with E-state index in [2.05, 4.69) is 0 Å². The quantitative estimate of drug-likeness (QED) is 0.873. The lowest BCUT2D eigenvalue weighted by molar-refractivity contribution is 0.157. The zero-order valence-electron chi connectivity index (χ0n) is 10.3. The molecule has 0 aliphatic carbocycles. The van der Waals surface area contributed by atoms with E-state index in [-0.39, 0.29) is 0 Å². The number of ether oxygens (including phenoxy) is 1. The molecule has 0 aromatic carbocycles. The number of thiophene rings is 1. The number of hydrogen-bond acceptors (Lipinski definition) is 5. The van der Waals surface area contributed by atoms with Crippen LogP contribution in [0.5, 0.6) is 0 Å². The van der Waals surface area contributed by atoms with E-state index in [4.69, 9.17) is 10.5 Å². The molecule has 0 spiro atoms. The monoisotopic (exact) mass is 290 g/mol. The first kappa shape index (κ1) is 14.0. The third-order valence-electron chi connectivity index (χ3n) is 3.12. The molecule has 1 aromatic heterocycles. The van der Waals surface area contributed by atoms with Crippen molar-refractivity contribution in [3.63, 3.8) is 0 Å². The van der Waals surface area contributed by atoms with Gasteiger partial charge in [0.2, 0.25) is 10.0 Å². The molecule has 5 nitrogen and oxygen atoms in total. The van der Waals surface area contributed by atoms with Crippen molar-refractivity contribution in [3.05, 3.63) is 16.3 Å². The Morgan fingerprint density at radius 2 is 2.39 bits per heavy atom. The predicted molar refractivity (Wildman–Crippen MR) is 71.0 cm³/mol. The molecule has 102 valence electrons. The van der Waals surface area contributed by atoms with E-state index in [1.54, 1.807) is 22.9 Å². The zero-order chi connectivity index (χ0) is 13.2. The maximum absolute atomic E-state index is 12.4. The lowest BCUT2D eigenvalue weighted by Gasteiger charge is -2.15. The molecule has 1 aromatic rings. The van der Waals surface area contributed by atoms with Gasteiger partial charge in [-0.3, -0.25) is 0 Å². The predicted octanol–water partition coefficient (Wildman–Crippen LogP) is 0.864. The van der Waals surface area contributed by atoms with Crippen molar-refractivity contribution in [2.75, 3.05) is 26.8 Å². The van der Waals surface area contributed by atoms with Gasteiger partial charge in [-0.1, -0.05) is 0 Å². The van der Waals surface area contributed by atoms with E-state index in [1.807, 2.05) is 0 Å². The molecule has 7 heteroatoms. The van der Waals surface area contributed by atoms with Crippen LogP contribution >= 0.6 is 11.3 Å². The normalized spacial score (nSPS) is 21.6. The van der Waals surface area contributed by atoms with Crippen molar-refractivity contribution >= 4 is 21.4 Å². The van der Waals surface area contributed by atoms with Gasteiger partial charge in [-0.15, -0.1) is 11.3 Å². The molecule has 1 unspecified atom stereocenters. The van der Waals surface area contributed by atoms with Crippen LogP contribution < -0.4 is 5.73 Å². The standard InChI is InChI=1S/C11H18N2O3S2/c1-16-7-9-2-3-13(6-9)18(14,15)11-4-10(5-12)17-8-11/h4,8-9H,2-3,5-7,12H2,1H3. The number of sulfonamides is 1. The smallest absolute Gasteiger partial charge is 0.243 e. The van der Waals surface area contributed by atoms with Crippen LogP contribution in [-0.2, 0) is 21.3 Å². The first-order valence-corrected chi connectivity index (χ1v) is 8.16. The van der Waals surface area contributed by atoms with E-state index < -0.39 is 10.0 Å². The Bertz CT molecular complexity index is 498. The minimum Gasteiger partial charge on any atom is -0.384 e. The first-order chi connectivity index (χ1) is 8.57. The largest absolute Gasteiger partial charge is 0.384 e. The molecule has 2 rings (SSSR count). The fourth-order valence-corrected chi connectivity index (χ4v) is 4.81. The van der Waals surface area contributed by atoms with Crippen LogP contribution in [0.25, 0.3) is 0 Å². The molecule has 1 aliphatic rings. The van der Waals surface area contributed by atoms with Crippen LogP contribution in [0.2, 0.25) is 0 Å². The summed E-state index contributed by atoms with van der Waals surface area (Å²) in [4.78, 5) is 1.26. The highest BCUT2D eigenvalue weighted by atomic mass is 32.2. The highest BCUT2D eigenvalue weighted by Crippen LogP contribution is 2.27. The lowest BCUT2D eigenvalue weighted by Crippen LogP contribution is -2.29. The number of rotatable bonds is 5. The Balaban J connectivity index is 2.12. The summed E-state index contributed by atoms with van der Waals surface area (Å²) in [6.45, 7) is 2.12. The van der Waals surface area contributed by atoms with Gasteiger partial charge in [0.25, 0.3) is 0 Å². The van der Waals surface area contributed by atoms with Gasteiger partial charge in [-0.25, -0.2) is 8.42 Å². The Labute approximate surface area is 112 Å². The molecule has 1 saturated heterocycles. The van der Waals surface area contributed by atoms with E-state index in [0.29, 0.717) is 37.1 Å². The maximum Gasteiger partial charge on any atom is 0.243 e. The van der Waals surface area contributed by atoms with Gasteiger partial charge in [0.05, 0.1) is 11.5 Å². The van der Waals surface area contributed by atoms with E-state index >= 15 is 0 Å². The third-order valence-corrected chi connectivity index (χ3v) is 6.07. The molecule has 0 bridgehead atoms. The van der Waals surface area contributed by atoms with Crippen molar-refractivity contribution in [3.8, 4) is 0 Å². The minimum atomic E-state index is -3.35. The number of methoxy groups -OCH3 is 1. The van der Waals surface area contributed by atoms with Crippen molar-refractivity contribution in [2.24, 2.45) is 11.7 Å². The molecular weight excluding hydrogens is 272 g/mol. The number of nitrogens with two attached hydrogens (primary N) is 1. The summed E-state index contributed by atoms with van der Waals surface area (Å²) < 4.78 is 31.3. The van der Waals surface area contributed by atoms with E-state index in [9.17, 15) is 8.42 Å². The summed E-state index contributed by atoms with van der Waals surface area (Å²) in [5.41, 5.74) is 5.51. The van der Waals surface area contributed by atoms with Crippen LogP contribution in [0.15, 0.2) is 16.3 Å². The van der Waals surface area contributed by atoms with Crippen LogP contribution in [0.3, 0.4) is 0 Å². The molecule has 2 heterocycles. The van der Waals surface area contributed by atoms with Crippen LogP contribution in [0.1, 0.15) is 11.3 Å². The first-order valence-electron chi connectivity index (χ1n) is 5.84. The molecule has 0 saturated carbocycles. The molecule has 0 amide bonds. The van der Waals surface area contributed by atoms with Gasteiger partial charge in [-0.05, 0) is 18.4 Å². The summed E-state index contributed by atoms with van der Waals surface area (Å²) in [7, 11) is -1.70. The molecule has 1 atom stereocenters. The molecule has 2 N–H and O–H groups in total. The molecule has 1 aliphatic heterocycles. The van der Waals surface area contributed by atoms with E-state index in [1.165, 1.54) is 11.3 Å². The van der Waals surface area contributed by atoms with Crippen LogP contribution in [-0.4, -0.2) is 39.5 Å². The van der Waals surface area contributed by atoms with Crippen molar-refractivity contribution in [1.82, 2.24) is 4.31 Å². The summed E-state index contributed by atoms with van der Waals surface area (Å²) in [6, 6.07) is 1.67. The number of hydrogen-bond donors (Lipinski definition) is 1.